The van der Waals surface area contributed by atoms with Crippen LogP contribution in [0.2, 0.25) is 0 Å². The third-order valence-corrected chi connectivity index (χ3v) is 3.90. The summed E-state index contributed by atoms with van der Waals surface area (Å²) in [5.74, 6) is 1.93. The minimum Gasteiger partial charge on any atom is -0.355 e. The molecule has 2 rings (SSSR count). The van der Waals surface area contributed by atoms with Crippen molar-refractivity contribution in [3.05, 3.63) is 18.1 Å². The quantitative estimate of drug-likeness (QED) is 0.885. The zero-order valence-electron chi connectivity index (χ0n) is 12.4. The van der Waals surface area contributed by atoms with Crippen molar-refractivity contribution < 1.29 is 0 Å². The van der Waals surface area contributed by atoms with E-state index in [0.717, 1.165) is 37.1 Å². The van der Waals surface area contributed by atoms with Gasteiger partial charge in [-0.2, -0.15) is 0 Å². The zero-order valence-corrected chi connectivity index (χ0v) is 12.4. The lowest BCUT2D eigenvalue weighted by molar-refractivity contribution is 0.393. The van der Waals surface area contributed by atoms with E-state index in [1.807, 2.05) is 12.4 Å². The van der Waals surface area contributed by atoms with Crippen LogP contribution < -0.4 is 10.2 Å². The Hall–Kier alpha value is -1.16. The Labute approximate surface area is 116 Å². The minimum absolute atomic E-state index is 0.481. The Morgan fingerprint density at radius 2 is 2.00 bits per heavy atom. The van der Waals surface area contributed by atoms with Crippen molar-refractivity contribution in [3.8, 4) is 0 Å². The molecule has 2 heterocycles. The average molecular weight is 262 g/mol. The standard InChI is InChI=1S/C15H26N4/c1-4-13-5-7-19(8-6-13)15-11-17-14(10-18-15)9-16-12(2)3/h10-13,16H,4-9H2,1-3H3. The summed E-state index contributed by atoms with van der Waals surface area (Å²) in [6.45, 7) is 9.60. The van der Waals surface area contributed by atoms with Crippen LogP contribution in [0, 0.1) is 5.92 Å². The summed E-state index contributed by atoms with van der Waals surface area (Å²) in [6.07, 6.45) is 7.70. The average Bonchev–Trinajstić information content (AvgIpc) is 2.46. The molecule has 0 aromatic carbocycles. The predicted molar refractivity (Wildman–Crippen MR) is 79.2 cm³/mol. The molecule has 0 atom stereocenters. The maximum absolute atomic E-state index is 4.55. The summed E-state index contributed by atoms with van der Waals surface area (Å²) in [6, 6.07) is 0.481. The van der Waals surface area contributed by atoms with Gasteiger partial charge >= 0.3 is 0 Å². The first kappa shape index (κ1) is 14.3. The van der Waals surface area contributed by atoms with E-state index in [1.54, 1.807) is 0 Å². The summed E-state index contributed by atoms with van der Waals surface area (Å²) in [5.41, 5.74) is 1.01. The van der Waals surface area contributed by atoms with E-state index in [2.05, 4.69) is 41.0 Å². The molecule has 19 heavy (non-hydrogen) atoms. The van der Waals surface area contributed by atoms with Crippen LogP contribution in [0.5, 0.6) is 0 Å². The molecule has 1 saturated heterocycles. The lowest BCUT2D eigenvalue weighted by Gasteiger charge is -2.32. The number of hydrogen-bond donors (Lipinski definition) is 1. The van der Waals surface area contributed by atoms with Crippen molar-refractivity contribution in [1.82, 2.24) is 15.3 Å². The highest BCUT2D eigenvalue weighted by Crippen LogP contribution is 2.23. The fourth-order valence-electron chi connectivity index (χ4n) is 2.48. The lowest BCUT2D eigenvalue weighted by Crippen LogP contribution is -2.34. The molecule has 0 aliphatic carbocycles. The SMILES string of the molecule is CCC1CCN(c2cnc(CNC(C)C)cn2)CC1. The molecule has 0 unspecified atom stereocenters. The first-order valence-corrected chi connectivity index (χ1v) is 7.48. The van der Waals surface area contributed by atoms with E-state index >= 15 is 0 Å². The Morgan fingerprint density at radius 3 is 2.53 bits per heavy atom. The highest BCUT2D eigenvalue weighted by Gasteiger charge is 2.18. The van der Waals surface area contributed by atoms with Crippen LogP contribution in [0.25, 0.3) is 0 Å². The topological polar surface area (TPSA) is 41.1 Å². The normalized spacial score (nSPS) is 17.2. The van der Waals surface area contributed by atoms with E-state index in [4.69, 9.17) is 0 Å². The molecular weight excluding hydrogens is 236 g/mol. The van der Waals surface area contributed by atoms with Gasteiger partial charge in [0.2, 0.25) is 0 Å². The molecule has 1 aliphatic rings. The molecule has 0 spiro atoms. The summed E-state index contributed by atoms with van der Waals surface area (Å²) in [7, 11) is 0. The molecule has 0 saturated carbocycles. The van der Waals surface area contributed by atoms with Gasteiger partial charge in [0.05, 0.1) is 18.1 Å². The number of nitrogens with zero attached hydrogens (tertiary/aromatic N) is 3. The third-order valence-electron chi connectivity index (χ3n) is 3.90. The molecule has 106 valence electrons. The smallest absolute Gasteiger partial charge is 0.147 e. The van der Waals surface area contributed by atoms with Crippen LogP contribution in [0.4, 0.5) is 5.82 Å². The first-order chi connectivity index (χ1) is 9.19. The lowest BCUT2D eigenvalue weighted by atomic mass is 9.94. The highest BCUT2D eigenvalue weighted by atomic mass is 15.2. The summed E-state index contributed by atoms with van der Waals surface area (Å²) >= 11 is 0. The Balaban J connectivity index is 1.88. The van der Waals surface area contributed by atoms with Crippen LogP contribution in [0.1, 0.15) is 45.7 Å². The van der Waals surface area contributed by atoms with Crippen LogP contribution >= 0.6 is 0 Å². The van der Waals surface area contributed by atoms with Crippen LogP contribution in [-0.4, -0.2) is 29.1 Å². The summed E-state index contributed by atoms with van der Waals surface area (Å²) in [4.78, 5) is 11.4. The number of aromatic nitrogens is 2. The maximum atomic E-state index is 4.55. The van der Waals surface area contributed by atoms with Crippen molar-refractivity contribution >= 4 is 5.82 Å². The fourth-order valence-corrected chi connectivity index (χ4v) is 2.48. The van der Waals surface area contributed by atoms with Gasteiger partial charge < -0.3 is 10.2 Å². The largest absolute Gasteiger partial charge is 0.355 e. The van der Waals surface area contributed by atoms with Crippen molar-refractivity contribution in [2.45, 2.75) is 52.6 Å². The molecule has 1 aromatic heterocycles. The van der Waals surface area contributed by atoms with Gasteiger partial charge in [-0.25, -0.2) is 4.98 Å². The molecular formula is C15H26N4. The molecule has 4 nitrogen and oxygen atoms in total. The van der Waals surface area contributed by atoms with E-state index in [0.29, 0.717) is 6.04 Å². The van der Waals surface area contributed by atoms with Crippen molar-refractivity contribution in [1.29, 1.82) is 0 Å². The van der Waals surface area contributed by atoms with E-state index in [9.17, 15) is 0 Å². The third kappa shape index (κ3) is 4.16. The van der Waals surface area contributed by atoms with Gasteiger partial charge in [0, 0.05) is 25.7 Å². The predicted octanol–water partition coefficient (Wildman–Crippen LogP) is 2.60. The van der Waals surface area contributed by atoms with Gasteiger partial charge in [0.15, 0.2) is 0 Å². The van der Waals surface area contributed by atoms with Crippen molar-refractivity contribution in [3.63, 3.8) is 0 Å². The molecule has 0 radical (unpaired) electrons. The Kier molecular flexibility index (Phi) is 5.14. The molecule has 0 bridgehead atoms. The molecule has 0 amide bonds. The minimum atomic E-state index is 0.481. The second-order valence-corrected chi connectivity index (χ2v) is 5.74. The molecule has 4 heteroatoms. The highest BCUT2D eigenvalue weighted by molar-refractivity contribution is 5.36. The van der Waals surface area contributed by atoms with Gasteiger partial charge in [0.1, 0.15) is 5.82 Å². The van der Waals surface area contributed by atoms with Gasteiger partial charge in [-0.3, -0.25) is 4.98 Å². The van der Waals surface area contributed by atoms with Gasteiger partial charge in [-0.1, -0.05) is 27.2 Å². The van der Waals surface area contributed by atoms with E-state index in [-0.39, 0.29) is 0 Å². The molecule has 1 aromatic rings. The van der Waals surface area contributed by atoms with Gasteiger partial charge in [-0.15, -0.1) is 0 Å². The Bertz CT molecular complexity index is 366. The Morgan fingerprint density at radius 1 is 1.26 bits per heavy atom. The monoisotopic (exact) mass is 262 g/mol. The number of piperidine rings is 1. The summed E-state index contributed by atoms with van der Waals surface area (Å²) in [5, 5.41) is 3.36. The molecule has 1 N–H and O–H groups in total. The van der Waals surface area contributed by atoms with Crippen LogP contribution in [0.3, 0.4) is 0 Å². The number of anilines is 1. The van der Waals surface area contributed by atoms with Crippen molar-refractivity contribution in [2.24, 2.45) is 5.92 Å². The fraction of sp³-hybridized carbons (Fsp3) is 0.733. The van der Waals surface area contributed by atoms with E-state index in [1.165, 1.54) is 19.3 Å². The van der Waals surface area contributed by atoms with Crippen LogP contribution in [0.15, 0.2) is 12.4 Å². The summed E-state index contributed by atoms with van der Waals surface area (Å²) < 4.78 is 0. The number of rotatable bonds is 5. The second kappa shape index (κ2) is 6.85. The van der Waals surface area contributed by atoms with E-state index < -0.39 is 0 Å². The molecule has 1 aliphatic heterocycles. The first-order valence-electron chi connectivity index (χ1n) is 7.48. The van der Waals surface area contributed by atoms with Gasteiger partial charge in [-0.05, 0) is 18.8 Å². The molecule has 1 fully saturated rings. The number of nitrogens with one attached hydrogen (secondary N) is 1. The van der Waals surface area contributed by atoms with Gasteiger partial charge in [0.25, 0.3) is 0 Å². The van der Waals surface area contributed by atoms with Crippen molar-refractivity contribution in [2.75, 3.05) is 18.0 Å². The number of hydrogen-bond acceptors (Lipinski definition) is 4. The maximum Gasteiger partial charge on any atom is 0.147 e. The zero-order chi connectivity index (χ0) is 13.7. The second-order valence-electron chi connectivity index (χ2n) is 5.74. The van der Waals surface area contributed by atoms with Crippen LogP contribution in [-0.2, 0) is 6.54 Å².